The Labute approximate surface area is 596 Å². The summed E-state index contributed by atoms with van der Waals surface area (Å²) in [6, 6.07) is -1.95. The molecule has 0 fully saturated rings. The second kappa shape index (κ2) is 60.1. The Morgan fingerprint density at radius 2 is 0.647 bits per heavy atom. The first kappa shape index (κ1) is 90.7. The molecule has 2 heterocycles. The maximum Gasteiger partial charge on any atom is 0.308 e. The van der Waals surface area contributed by atoms with E-state index in [1.807, 2.05) is 0 Å². The highest BCUT2D eigenvalue weighted by atomic mass is 16.6. The molecule has 580 valence electrons. The molecule has 0 aromatic heterocycles. The topological polar surface area (TPSA) is 445 Å². The molecular formula is C66H110N10O26. The maximum absolute atomic E-state index is 13.3. The normalized spacial score (nSPS) is 13.3. The van der Waals surface area contributed by atoms with Crippen molar-refractivity contribution in [1.29, 1.82) is 0 Å². The van der Waals surface area contributed by atoms with Crippen LogP contribution < -0.4 is 37.2 Å². The summed E-state index contributed by atoms with van der Waals surface area (Å²) in [5.41, 5.74) is -0.527. The molecule has 11 amide bonds. The predicted molar refractivity (Wildman–Crippen MR) is 362 cm³/mol. The van der Waals surface area contributed by atoms with Crippen molar-refractivity contribution >= 4 is 70.9 Å². The van der Waals surface area contributed by atoms with Crippen LogP contribution in [0.1, 0.15) is 97.8 Å². The van der Waals surface area contributed by atoms with Gasteiger partial charge in [-0.05, 0) is 59.3 Å². The van der Waals surface area contributed by atoms with E-state index >= 15 is 0 Å². The second-order valence-corrected chi connectivity index (χ2v) is 23.5. The van der Waals surface area contributed by atoms with Crippen LogP contribution in [0, 0.1) is 4.91 Å². The molecule has 36 heteroatoms. The van der Waals surface area contributed by atoms with Crippen LogP contribution in [-0.4, -0.2) is 309 Å². The van der Waals surface area contributed by atoms with Crippen molar-refractivity contribution in [2.24, 2.45) is 5.18 Å². The Hall–Kier alpha value is -7.36. The van der Waals surface area contributed by atoms with E-state index in [4.69, 9.17) is 61.6 Å². The smallest absolute Gasteiger partial charge is 0.308 e. The van der Waals surface area contributed by atoms with Gasteiger partial charge in [0.25, 0.3) is 23.6 Å². The van der Waals surface area contributed by atoms with E-state index in [2.05, 4.69) is 42.4 Å². The minimum atomic E-state index is -1.06. The number of nitrogens with one attached hydrogen (secondary N) is 7. The molecule has 0 bridgehead atoms. The molecule has 2 aliphatic heterocycles. The molecule has 0 saturated heterocycles. The standard InChI is InChI=1S/C66H110N10O26/c1-66(2,3)102-63(86)19-31-93-39-45-99-49-51-101-47-43-97-35-25-72-65(88)53(74-89)9-5-7-21-68-57(80)17-29-91-38-44-98-48-50-100-46-42-96-34-24-71-64(87)52(73-58(81)18-30-92-37-41-95-33-23-70-55(78)15-27-76-61(84)12-13-62(76)85)8-4-6-20-67-56(79)16-28-90-36-40-94-32-22-69-54(77)14-26-75-59(82)10-11-60(75)83/h10-13,52-53H,4-9,14-51H2,1-3H3,(H,67,79)(H,68,80)(H,69,77)(H,70,78)(H,71,87)(H,72,88)(H,73,81)/t52-,53?/m1/s1. The fourth-order valence-corrected chi connectivity index (χ4v) is 8.71. The number of carbonyl (C=O) groups is 12. The molecule has 2 atom stereocenters. The van der Waals surface area contributed by atoms with Crippen molar-refractivity contribution in [3.8, 4) is 0 Å². The van der Waals surface area contributed by atoms with E-state index in [0.717, 1.165) is 34.1 Å². The lowest BCUT2D eigenvalue weighted by Crippen LogP contribution is -2.47. The van der Waals surface area contributed by atoms with Crippen molar-refractivity contribution in [1.82, 2.24) is 47.0 Å². The van der Waals surface area contributed by atoms with E-state index in [-0.39, 0.29) is 226 Å². The van der Waals surface area contributed by atoms with Crippen molar-refractivity contribution in [3.63, 3.8) is 0 Å². The highest BCUT2D eigenvalue weighted by Crippen LogP contribution is 2.10. The first-order valence-electron chi connectivity index (χ1n) is 34.8. The number of ether oxygens (including phenoxy) is 13. The molecule has 0 saturated carbocycles. The molecule has 0 spiro atoms. The van der Waals surface area contributed by atoms with Gasteiger partial charge in [-0.2, -0.15) is 0 Å². The quantitative estimate of drug-likeness (QED) is 0.0156. The lowest BCUT2D eigenvalue weighted by Gasteiger charge is -2.19. The van der Waals surface area contributed by atoms with Gasteiger partial charge in [-0.1, -0.05) is 5.18 Å². The summed E-state index contributed by atoms with van der Waals surface area (Å²) in [5, 5.41) is 22.0. The van der Waals surface area contributed by atoms with Gasteiger partial charge in [-0.3, -0.25) is 67.3 Å². The largest absolute Gasteiger partial charge is 0.460 e. The van der Waals surface area contributed by atoms with E-state index < -0.39 is 59.0 Å². The Bertz CT molecular complexity index is 2490. The number of nitrogens with zero attached hydrogens (tertiary/aromatic N) is 3. The Kier molecular flexibility index (Phi) is 53.5. The first-order valence-corrected chi connectivity index (χ1v) is 34.8. The molecule has 2 aliphatic rings. The molecule has 1 unspecified atom stereocenters. The van der Waals surface area contributed by atoms with Gasteiger partial charge in [0.1, 0.15) is 11.6 Å². The number of amides is 11. The van der Waals surface area contributed by atoms with E-state index in [9.17, 15) is 62.4 Å². The van der Waals surface area contributed by atoms with Crippen molar-refractivity contribution in [2.75, 3.05) is 211 Å². The third-order valence-electron chi connectivity index (χ3n) is 14.0. The minimum Gasteiger partial charge on any atom is -0.460 e. The van der Waals surface area contributed by atoms with Crippen molar-refractivity contribution in [2.45, 2.75) is 116 Å². The first-order chi connectivity index (χ1) is 49.3. The van der Waals surface area contributed by atoms with Crippen LogP contribution in [0.25, 0.3) is 0 Å². The number of carbonyl (C=O) groups excluding carboxylic acids is 12. The van der Waals surface area contributed by atoms with Crippen LogP contribution in [0.4, 0.5) is 0 Å². The Morgan fingerprint density at radius 1 is 0.353 bits per heavy atom. The monoisotopic (exact) mass is 1460 g/mol. The van der Waals surface area contributed by atoms with Gasteiger partial charge < -0.3 is 98.8 Å². The molecule has 7 N–H and O–H groups in total. The van der Waals surface area contributed by atoms with E-state index in [1.165, 1.54) is 0 Å². The third-order valence-corrected chi connectivity index (χ3v) is 14.0. The fraction of sp³-hybridized carbons (Fsp3) is 0.758. The molecule has 0 aliphatic carbocycles. The molecule has 0 aromatic carbocycles. The number of imide groups is 2. The van der Waals surface area contributed by atoms with E-state index in [1.54, 1.807) is 20.8 Å². The van der Waals surface area contributed by atoms with E-state index in [0.29, 0.717) is 91.6 Å². The molecule has 2 rings (SSSR count). The van der Waals surface area contributed by atoms with Crippen LogP contribution in [0.15, 0.2) is 29.5 Å². The number of esters is 1. The van der Waals surface area contributed by atoms with Gasteiger partial charge in [0.15, 0.2) is 6.04 Å². The zero-order valence-corrected chi connectivity index (χ0v) is 59.5. The summed E-state index contributed by atoms with van der Waals surface area (Å²) in [5.74, 6) is -4.60. The molecular weight excluding hydrogens is 1350 g/mol. The summed E-state index contributed by atoms with van der Waals surface area (Å²) >= 11 is 0. The predicted octanol–water partition coefficient (Wildman–Crippen LogP) is -1.62. The van der Waals surface area contributed by atoms with Gasteiger partial charge in [0.2, 0.25) is 41.4 Å². The fourth-order valence-electron chi connectivity index (χ4n) is 8.71. The number of nitroso groups, excluding NO2 is 1. The Morgan fingerprint density at radius 3 is 1.01 bits per heavy atom. The average Bonchev–Trinajstić information content (AvgIpc) is 1.74. The van der Waals surface area contributed by atoms with Crippen LogP contribution in [0.3, 0.4) is 0 Å². The van der Waals surface area contributed by atoms with Gasteiger partial charge >= 0.3 is 5.97 Å². The lowest BCUT2D eigenvalue weighted by molar-refractivity contribution is -0.156. The second-order valence-electron chi connectivity index (χ2n) is 23.5. The van der Waals surface area contributed by atoms with Gasteiger partial charge in [-0.15, -0.1) is 4.91 Å². The lowest BCUT2D eigenvalue weighted by atomic mass is 10.1. The number of hydrogen-bond acceptors (Lipinski definition) is 27. The minimum absolute atomic E-state index is 0.0112. The average molecular weight is 1460 g/mol. The van der Waals surface area contributed by atoms with Crippen molar-refractivity contribution in [3.05, 3.63) is 29.2 Å². The highest BCUT2D eigenvalue weighted by molar-refractivity contribution is 6.13. The van der Waals surface area contributed by atoms with Gasteiger partial charge in [0, 0.05) is 109 Å². The SMILES string of the molecule is CC(C)(C)OC(=O)CCOCCOCCOCCOCCNC(=O)C(CCCCNC(=O)CCOCCOCCOCCOCCNC(=O)[C@@H](CCCCNC(=O)CCOCCOCCNC(=O)CCN1C(=O)C=CC1=O)NC(=O)CCOCCOCCNC(=O)CCN1C(=O)C=CC1=O)N=O. The Balaban J connectivity index is 1.50. The third kappa shape index (κ3) is 50.9. The molecule has 102 heavy (non-hydrogen) atoms. The summed E-state index contributed by atoms with van der Waals surface area (Å²) in [4.78, 5) is 159. The summed E-state index contributed by atoms with van der Waals surface area (Å²) in [6.07, 6.45) is 7.45. The van der Waals surface area contributed by atoms with Gasteiger partial charge in [0.05, 0.1) is 165 Å². The van der Waals surface area contributed by atoms with Crippen LogP contribution >= 0.6 is 0 Å². The number of rotatable bonds is 68. The number of hydrogen-bond donors (Lipinski definition) is 7. The van der Waals surface area contributed by atoms with Crippen molar-refractivity contribution < 1.29 is 119 Å². The zero-order valence-electron chi connectivity index (χ0n) is 59.5. The van der Waals surface area contributed by atoms with Gasteiger partial charge in [-0.25, -0.2) is 0 Å². The highest BCUT2D eigenvalue weighted by Gasteiger charge is 2.26. The van der Waals surface area contributed by atoms with Crippen LogP contribution in [-0.2, 0) is 119 Å². The molecule has 36 nitrogen and oxygen atoms in total. The molecule has 0 radical (unpaired) electrons. The summed E-state index contributed by atoms with van der Waals surface area (Å²) in [7, 11) is 0. The van der Waals surface area contributed by atoms with Crippen LogP contribution in [0.2, 0.25) is 0 Å². The summed E-state index contributed by atoms with van der Waals surface area (Å²) < 4.78 is 70.9. The zero-order chi connectivity index (χ0) is 74.5. The number of unbranched alkanes of at least 4 members (excludes halogenated alkanes) is 2. The molecule has 0 aromatic rings. The van der Waals surface area contributed by atoms with Crippen LogP contribution in [0.5, 0.6) is 0 Å². The summed E-state index contributed by atoms with van der Waals surface area (Å²) in [6.45, 7) is 12.7. The maximum atomic E-state index is 13.3.